The van der Waals surface area contributed by atoms with Gasteiger partial charge in [-0.1, -0.05) is 0 Å². The van der Waals surface area contributed by atoms with E-state index in [0.29, 0.717) is 5.41 Å². The monoisotopic (exact) mass is 358 g/mol. The lowest BCUT2D eigenvalue weighted by molar-refractivity contribution is -0.0682. The van der Waals surface area contributed by atoms with Crippen molar-refractivity contribution >= 4 is 6.03 Å². The molecule has 0 saturated heterocycles. The van der Waals surface area contributed by atoms with Gasteiger partial charge in [0.25, 0.3) is 0 Å². The molecule has 0 radical (unpaired) electrons. The summed E-state index contributed by atoms with van der Waals surface area (Å²) in [5.74, 6) is 2.73. The molecular formula is C21H34N4O. The molecule has 5 nitrogen and oxygen atoms in total. The SMILES string of the molecule is Cc1nn(C)c(C)c1[C@H](C)NC(=O)N[C@@H](C)C12CC3CC(CC(C3)C1)C2. The van der Waals surface area contributed by atoms with Gasteiger partial charge in [0.1, 0.15) is 0 Å². The maximum Gasteiger partial charge on any atom is 0.315 e. The summed E-state index contributed by atoms with van der Waals surface area (Å²) < 4.78 is 1.89. The minimum Gasteiger partial charge on any atom is -0.335 e. The van der Waals surface area contributed by atoms with Crippen LogP contribution in [0, 0.1) is 37.0 Å². The molecule has 4 aliphatic carbocycles. The molecule has 1 heterocycles. The van der Waals surface area contributed by atoms with E-state index in [9.17, 15) is 4.79 Å². The zero-order valence-corrected chi connectivity index (χ0v) is 16.9. The summed E-state index contributed by atoms with van der Waals surface area (Å²) in [5.41, 5.74) is 3.58. The van der Waals surface area contributed by atoms with E-state index in [2.05, 4.69) is 29.6 Å². The highest BCUT2D eigenvalue weighted by Crippen LogP contribution is 2.61. The van der Waals surface area contributed by atoms with Crippen molar-refractivity contribution in [3.8, 4) is 0 Å². The Balaban J connectivity index is 1.40. The number of aryl methyl sites for hydroxylation is 2. The third-order valence-corrected chi connectivity index (χ3v) is 7.70. The second-order valence-corrected chi connectivity index (χ2v) is 9.55. The number of carbonyl (C=O) groups excluding carboxylic acids is 1. The zero-order chi connectivity index (χ0) is 18.6. The van der Waals surface area contributed by atoms with Crippen LogP contribution in [0.2, 0.25) is 0 Å². The van der Waals surface area contributed by atoms with Crippen molar-refractivity contribution in [2.24, 2.45) is 30.2 Å². The van der Waals surface area contributed by atoms with Crippen molar-refractivity contribution in [1.29, 1.82) is 0 Å². The molecule has 5 heteroatoms. The summed E-state index contributed by atoms with van der Waals surface area (Å²) in [6, 6.07) is 0.176. The topological polar surface area (TPSA) is 59.0 Å². The Bertz CT molecular complexity index is 672. The van der Waals surface area contributed by atoms with Gasteiger partial charge in [-0.25, -0.2) is 4.79 Å². The highest BCUT2D eigenvalue weighted by Gasteiger charge is 2.53. The van der Waals surface area contributed by atoms with Crippen molar-refractivity contribution in [2.75, 3.05) is 0 Å². The Kier molecular flexibility index (Phi) is 4.31. The Morgan fingerprint density at radius 1 is 1.08 bits per heavy atom. The molecule has 2 amide bonds. The van der Waals surface area contributed by atoms with Crippen LogP contribution in [-0.2, 0) is 7.05 Å². The van der Waals surface area contributed by atoms with E-state index in [1.165, 1.54) is 38.5 Å². The fourth-order valence-electron chi connectivity index (χ4n) is 6.78. The molecule has 2 atom stereocenters. The molecule has 1 aromatic rings. The first-order chi connectivity index (χ1) is 12.3. The molecule has 144 valence electrons. The van der Waals surface area contributed by atoms with Gasteiger partial charge < -0.3 is 10.6 Å². The molecule has 0 aliphatic heterocycles. The van der Waals surface area contributed by atoms with Crippen molar-refractivity contribution in [3.63, 3.8) is 0 Å². The van der Waals surface area contributed by atoms with Crippen LogP contribution in [0.4, 0.5) is 4.79 Å². The summed E-state index contributed by atoms with van der Waals surface area (Å²) in [7, 11) is 1.95. The largest absolute Gasteiger partial charge is 0.335 e. The summed E-state index contributed by atoms with van der Waals surface area (Å²) >= 11 is 0. The third kappa shape index (κ3) is 2.93. The molecule has 2 N–H and O–H groups in total. The minimum atomic E-state index is -0.0385. The lowest BCUT2D eigenvalue weighted by Gasteiger charge is -2.59. The van der Waals surface area contributed by atoms with Gasteiger partial charge in [-0.3, -0.25) is 4.68 Å². The molecule has 4 saturated carbocycles. The van der Waals surface area contributed by atoms with Crippen molar-refractivity contribution in [3.05, 3.63) is 17.0 Å². The quantitative estimate of drug-likeness (QED) is 0.854. The van der Waals surface area contributed by atoms with Crippen LogP contribution in [0.5, 0.6) is 0 Å². The molecule has 4 fully saturated rings. The fraction of sp³-hybridized carbons (Fsp3) is 0.810. The van der Waals surface area contributed by atoms with E-state index < -0.39 is 0 Å². The Hall–Kier alpha value is -1.52. The Morgan fingerprint density at radius 2 is 1.62 bits per heavy atom. The van der Waals surface area contributed by atoms with Crippen LogP contribution in [-0.4, -0.2) is 21.9 Å². The molecule has 4 bridgehead atoms. The van der Waals surface area contributed by atoms with Gasteiger partial charge in [0.2, 0.25) is 0 Å². The van der Waals surface area contributed by atoms with Crippen LogP contribution < -0.4 is 10.6 Å². The zero-order valence-electron chi connectivity index (χ0n) is 16.9. The number of hydrogen-bond acceptors (Lipinski definition) is 2. The van der Waals surface area contributed by atoms with Crippen molar-refractivity contribution in [1.82, 2.24) is 20.4 Å². The van der Waals surface area contributed by atoms with E-state index in [1.54, 1.807) is 0 Å². The molecule has 5 rings (SSSR count). The summed E-state index contributed by atoms with van der Waals surface area (Å²) in [5, 5.41) is 10.9. The predicted molar refractivity (Wildman–Crippen MR) is 103 cm³/mol. The highest BCUT2D eigenvalue weighted by atomic mass is 16.2. The molecule has 0 spiro atoms. The molecular weight excluding hydrogens is 324 g/mol. The number of aromatic nitrogens is 2. The van der Waals surface area contributed by atoms with E-state index in [0.717, 1.165) is 34.7 Å². The summed E-state index contributed by atoms with van der Waals surface area (Å²) in [6.45, 7) is 8.35. The Labute approximate surface area is 157 Å². The molecule has 1 aromatic heterocycles. The van der Waals surface area contributed by atoms with Crippen LogP contribution in [0.1, 0.15) is 75.4 Å². The fourth-order valence-corrected chi connectivity index (χ4v) is 6.78. The minimum absolute atomic E-state index is 0.0349. The second kappa shape index (κ2) is 6.28. The van der Waals surface area contributed by atoms with Crippen molar-refractivity contribution < 1.29 is 4.79 Å². The van der Waals surface area contributed by atoms with Gasteiger partial charge in [-0.05, 0) is 89.4 Å². The Morgan fingerprint density at radius 3 is 2.08 bits per heavy atom. The van der Waals surface area contributed by atoms with E-state index >= 15 is 0 Å². The number of amides is 2. The average Bonchev–Trinajstić information content (AvgIpc) is 2.78. The van der Waals surface area contributed by atoms with Gasteiger partial charge in [0.05, 0.1) is 11.7 Å². The molecule has 26 heavy (non-hydrogen) atoms. The lowest BCUT2D eigenvalue weighted by atomic mass is 9.48. The standard InChI is InChI=1S/C21H34N4O/c1-12(19-13(2)24-25(5)14(19)3)22-20(26)23-15(4)21-9-16-6-17(10-21)8-18(7-16)11-21/h12,15-18H,6-11H2,1-5H3,(H2,22,23,26)/t12-,15-,16?,17?,18?,21?/m0/s1. The number of rotatable bonds is 4. The molecule has 0 unspecified atom stereocenters. The third-order valence-electron chi connectivity index (χ3n) is 7.70. The van der Waals surface area contributed by atoms with Crippen LogP contribution in [0.3, 0.4) is 0 Å². The van der Waals surface area contributed by atoms with Crippen molar-refractivity contribution in [2.45, 2.75) is 78.3 Å². The van der Waals surface area contributed by atoms with Gasteiger partial charge in [0, 0.05) is 24.3 Å². The number of nitrogens with one attached hydrogen (secondary N) is 2. The number of urea groups is 1. The smallest absolute Gasteiger partial charge is 0.315 e. The van der Waals surface area contributed by atoms with E-state index in [1.807, 2.05) is 25.6 Å². The van der Waals surface area contributed by atoms with Gasteiger partial charge >= 0.3 is 6.03 Å². The summed E-state index contributed by atoms with van der Waals surface area (Å²) in [4.78, 5) is 12.7. The first kappa shape index (κ1) is 17.9. The second-order valence-electron chi connectivity index (χ2n) is 9.55. The first-order valence-electron chi connectivity index (χ1n) is 10.3. The summed E-state index contributed by atoms with van der Waals surface area (Å²) in [6.07, 6.45) is 8.27. The molecule has 4 aliphatic rings. The average molecular weight is 359 g/mol. The van der Waals surface area contributed by atoms with E-state index in [-0.39, 0.29) is 18.1 Å². The van der Waals surface area contributed by atoms with Gasteiger partial charge in [-0.15, -0.1) is 0 Å². The number of carbonyl (C=O) groups is 1. The number of hydrogen-bond donors (Lipinski definition) is 2. The van der Waals surface area contributed by atoms with Crippen LogP contribution in [0.15, 0.2) is 0 Å². The van der Waals surface area contributed by atoms with Gasteiger partial charge in [0.15, 0.2) is 0 Å². The maximum absolute atomic E-state index is 12.7. The maximum atomic E-state index is 12.7. The normalized spacial score (nSPS) is 34.6. The van der Waals surface area contributed by atoms with E-state index in [4.69, 9.17) is 0 Å². The van der Waals surface area contributed by atoms with Crippen LogP contribution in [0.25, 0.3) is 0 Å². The molecule has 0 aromatic carbocycles. The lowest BCUT2D eigenvalue weighted by Crippen LogP contribution is -2.57. The van der Waals surface area contributed by atoms with Crippen LogP contribution >= 0.6 is 0 Å². The highest BCUT2D eigenvalue weighted by molar-refractivity contribution is 5.75. The number of nitrogens with zero attached hydrogens (tertiary/aromatic N) is 2. The first-order valence-corrected chi connectivity index (χ1v) is 10.3. The predicted octanol–water partition coefficient (Wildman–Crippen LogP) is 4.00. The van der Waals surface area contributed by atoms with Gasteiger partial charge in [-0.2, -0.15) is 5.10 Å².